The molecule has 2 atom stereocenters. The van der Waals surface area contributed by atoms with Gasteiger partial charge in [0.2, 0.25) is 0 Å². The Kier molecular flexibility index (Phi) is 4.80. The highest BCUT2D eigenvalue weighted by molar-refractivity contribution is 14.1. The van der Waals surface area contributed by atoms with Crippen LogP contribution in [0.5, 0.6) is 0 Å². The lowest BCUT2D eigenvalue weighted by Crippen LogP contribution is -2.24. The third-order valence-corrected chi connectivity index (χ3v) is 4.13. The summed E-state index contributed by atoms with van der Waals surface area (Å²) < 4.78 is 4.85. The largest absolute Gasteiger partial charge is 0.391 e. The molecule has 106 valence electrons. The summed E-state index contributed by atoms with van der Waals surface area (Å²) in [4.78, 5) is 18.5. The maximum Gasteiger partial charge on any atom is 0.351 e. The predicted molar refractivity (Wildman–Crippen MR) is 88.0 cm³/mol. The molecule has 0 aliphatic carbocycles. The van der Waals surface area contributed by atoms with Crippen molar-refractivity contribution in [3.63, 3.8) is 0 Å². The van der Waals surface area contributed by atoms with Crippen LogP contribution in [0.4, 0.5) is 5.82 Å². The lowest BCUT2D eigenvalue weighted by Gasteiger charge is -2.20. The van der Waals surface area contributed by atoms with Gasteiger partial charge in [0.15, 0.2) is 23.0 Å². The highest BCUT2D eigenvalue weighted by Crippen LogP contribution is 2.31. The Morgan fingerprint density at radius 1 is 1.45 bits per heavy atom. The number of anilines is 1. The molecule has 0 spiro atoms. The minimum absolute atomic E-state index is 0.332. The monoisotopic (exact) mass is 384 g/mol. The molecule has 0 saturated carbocycles. The first-order valence-corrected chi connectivity index (χ1v) is 7.29. The van der Waals surface area contributed by atoms with Gasteiger partial charge in [-0.1, -0.05) is 12.2 Å². The average Bonchev–Trinajstić information content (AvgIpc) is 2.89. The van der Waals surface area contributed by atoms with Crippen molar-refractivity contribution in [3.8, 4) is 0 Å². The van der Waals surface area contributed by atoms with Gasteiger partial charge in [0.1, 0.15) is 11.4 Å². The van der Waals surface area contributed by atoms with Crippen molar-refractivity contribution in [2.24, 2.45) is 11.8 Å². The molecule has 20 heavy (non-hydrogen) atoms. The van der Waals surface area contributed by atoms with Gasteiger partial charge in [-0.15, -0.1) is 13.2 Å². The fourth-order valence-electron chi connectivity index (χ4n) is 2.60. The second-order valence-electron chi connectivity index (χ2n) is 4.90. The molecule has 1 saturated heterocycles. The Hall–Kier alpha value is -1.37. The number of aryl methyl sites for hydroxylation is 1. The van der Waals surface area contributed by atoms with Gasteiger partial charge in [-0.05, 0) is 18.6 Å². The van der Waals surface area contributed by atoms with Gasteiger partial charge in [-0.2, -0.15) is 0 Å². The lowest BCUT2D eigenvalue weighted by atomic mass is 9.97. The Morgan fingerprint density at radius 2 is 2.05 bits per heavy atom. The zero-order valence-electron chi connectivity index (χ0n) is 11.4. The Balaban J connectivity index is 2.39. The van der Waals surface area contributed by atoms with E-state index >= 15 is 0 Å². The number of rotatable bonds is 4. The second kappa shape index (κ2) is 6.39. The summed E-state index contributed by atoms with van der Waals surface area (Å²) in [5.74, 6) is 0.989. The van der Waals surface area contributed by atoms with E-state index in [4.69, 9.17) is 3.07 Å². The molecule has 2 rings (SSSR count). The highest BCUT2D eigenvalue weighted by Gasteiger charge is 2.32. The van der Waals surface area contributed by atoms with E-state index in [-0.39, 0.29) is 5.97 Å². The molecule has 2 unspecified atom stereocenters. The van der Waals surface area contributed by atoms with E-state index < -0.39 is 0 Å². The standard InChI is InChI=1S/C15H17IN2O2/c1-4-11-8-18(9-12(11)5-2)14-13(15(19)20-16)10(3)6-7-17-14/h4-7,11-12H,1-2,8-9H2,3H3. The molecular weight excluding hydrogens is 367 g/mol. The summed E-state index contributed by atoms with van der Waals surface area (Å²) in [5.41, 5.74) is 1.41. The van der Waals surface area contributed by atoms with E-state index in [1.165, 1.54) is 0 Å². The molecule has 0 aromatic carbocycles. The number of pyridine rings is 1. The minimum atomic E-state index is -0.358. The number of nitrogens with zero attached hydrogens (tertiary/aromatic N) is 2. The van der Waals surface area contributed by atoms with Crippen molar-refractivity contribution >= 4 is 34.8 Å². The SMILES string of the molecule is C=CC1CN(c2nccc(C)c2C(=O)OI)CC1C=C. The zero-order valence-corrected chi connectivity index (χ0v) is 13.5. The van der Waals surface area contributed by atoms with Crippen molar-refractivity contribution in [1.29, 1.82) is 0 Å². The summed E-state index contributed by atoms with van der Waals surface area (Å²) in [6.45, 7) is 11.2. The van der Waals surface area contributed by atoms with Crippen LogP contribution in [0.25, 0.3) is 0 Å². The van der Waals surface area contributed by atoms with Gasteiger partial charge >= 0.3 is 5.97 Å². The minimum Gasteiger partial charge on any atom is -0.391 e. The molecule has 1 aromatic heterocycles. The first kappa shape index (κ1) is 15.0. The molecule has 1 aromatic rings. The van der Waals surface area contributed by atoms with Crippen LogP contribution in [0.1, 0.15) is 15.9 Å². The van der Waals surface area contributed by atoms with E-state index in [2.05, 4.69) is 23.0 Å². The molecule has 0 amide bonds. The Labute approximate surface area is 133 Å². The molecule has 4 nitrogen and oxygen atoms in total. The molecule has 0 bridgehead atoms. The summed E-state index contributed by atoms with van der Waals surface area (Å²) in [7, 11) is 0. The van der Waals surface area contributed by atoms with Crippen LogP contribution in [0, 0.1) is 18.8 Å². The summed E-state index contributed by atoms with van der Waals surface area (Å²) >= 11 is 1.61. The summed E-state index contributed by atoms with van der Waals surface area (Å²) in [6.07, 6.45) is 5.61. The smallest absolute Gasteiger partial charge is 0.351 e. The van der Waals surface area contributed by atoms with Crippen LogP contribution < -0.4 is 4.90 Å². The molecular formula is C15H17IN2O2. The number of aromatic nitrogens is 1. The van der Waals surface area contributed by atoms with E-state index in [0.29, 0.717) is 23.2 Å². The molecule has 0 N–H and O–H groups in total. The van der Waals surface area contributed by atoms with E-state index in [9.17, 15) is 4.79 Å². The molecule has 0 radical (unpaired) electrons. The molecule has 2 heterocycles. The maximum absolute atomic E-state index is 12.0. The van der Waals surface area contributed by atoms with Gasteiger partial charge in [0.25, 0.3) is 0 Å². The summed E-state index contributed by atoms with van der Waals surface area (Å²) in [6, 6.07) is 1.82. The third-order valence-electron chi connectivity index (χ3n) is 3.73. The van der Waals surface area contributed by atoms with Crippen LogP contribution in [0.15, 0.2) is 37.6 Å². The maximum atomic E-state index is 12.0. The predicted octanol–water partition coefficient (Wildman–Crippen LogP) is 3.32. The molecule has 5 heteroatoms. The van der Waals surface area contributed by atoms with Crippen molar-refractivity contribution in [3.05, 3.63) is 48.7 Å². The first-order valence-electron chi connectivity index (χ1n) is 6.41. The fourth-order valence-corrected chi connectivity index (χ4v) is 2.82. The number of hydrogen-bond donors (Lipinski definition) is 0. The van der Waals surface area contributed by atoms with Crippen molar-refractivity contribution < 1.29 is 7.86 Å². The normalized spacial score (nSPS) is 21.6. The number of hydrogen-bond acceptors (Lipinski definition) is 4. The van der Waals surface area contributed by atoms with E-state index in [1.54, 1.807) is 29.2 Å². The fraction of sp³-hybridized carbons (Fsp3) is 0.333. The number of carbonyl (C=O) groups is 1. The third kappa shape index (κ3) is 2.72. The van der Waals surface area contributed by atoms with Gasteiger partial charge in [-0.25, -0.2) is 9.78 Å². The second-order valence-corrected chi connectivity index (χ2v) is 5.34. The van der Waals surface area contributed by atoms with Crippen LogP contribution in [-0.4, -0.2) is 24.0 Å². The topological polar surface area (TPSA) is 42.4 Å². The van der Waals surface area contributed by atoms with Crippen LogP contribution in [0.3, 0.4) is 0 Å². The molecule has 1 aliphatic heterocycles. The Bertz CT molecular complexity index is 529. The van der Waals surface area contributed by atoms with Gasteiger partial charge in [-0.3, -0.25) is 0 Å². The number of halogens is 1. The van der Waals surface area contributed by atoms with Crippen molar-refractivity contribution in [2.75, 3.05) is 18.0 Å². The first-order chi connectivity index (χ1) is 9.62. The van der Waals surface area contributed by atoms with Gasteiger partial charge in [0.05, 0.1) is 0 Å². The van der Waals surface area contributed by atoms with Crippen LogP contribution in [-0.2, 0) is 3.07 Å². The average molecular weight is 384 g/mol. The van der Waals surface area contributed by atoms with Crippen molar-refractivity contribution in [1.82, 2.24) is 4.98 Å². The van der Waals surface area contributed by atoms with Crippen molar-refractivity contribution in [2.45, 2.75) is 6.92 Å². The van der Waals surface area contributed by atoms with Gasteiger partial charge in [0, 0.05) is 31.1 Å². The number of carbonyl (C=O) groups excluding carboxylic acids is 1. The Morgan fingerprint density at radius 3 is 2.55 bits per heavy atom. The summed E-state index contributed by atoms with van der Waals surface area (Å²) in [5, 5.41) is 0. The molecule has 1 fully saturated rings. The molecule has 1 aliphatic rings. The van der Waals surface area contributed by atoms with Crippen LogP contribution in [0.2, 0.25) is 0 Å². The van der Waals surface area contributed by atoms with Gasteiger partial charge < -0.3 is 7.97 Å². The zero-order chi connectivity index (χ0) is 14.7. The van der Waals surface area contributed by atoms with Crippen LogP contribution >= 0.6 is 23.0 Å². The van der Waals surface area contributed by atoms with E-state index in [1.807, 2.05) is 25.1 Å². The quantitative estimate of drug-likeness (QED) is 0.590. The highest BCUT2D eigenvalue weighted by atomic mass is 127. The lowest BCUT2D eigenvalue weighted by molar-refractivity contribution is 0.0800. The van der Waals surface area contributed by atoms with E-state index in [0.717, 1.165) is 18.7 Å².